The molecule has 1 aromatic carbocycles. The van der Waals surface area contributed by atoms with Crippen molar-refractivity contribution in [1.82, 2.24) is 40.1 Å². The number of carbonyl (C=O) groups excluding carboxylic acids is 2. The van der Waals surface area contributed by atoms with E-state index < -0.39 is 23.5 Å². The van der Waals surface area contributed by atoms with Gasteiger partial charge in [0, 0.05) is 44.8 Å². The summed E-state index contributed by atoms with van der Waals surface area (Å²) in [6, 6.07) is 5.38. The second-order valence-electron chi connectivity index (χ2n) is 11.9. The molecule has 2 aliphatic rings. The summed E-state index contributed by atoms with van der Waals surface area (Å²) < 4.78 is 48.4. The van der Waals surface area contributed by atoms with E-state index in [2.05, 4.69) is 59.5 Å². The molecule has 2 saturated heterocycles. The number of nitrogens with two attached hydrogens (primary N) is 1. The minimum absolute atomic E-state index is 0.0907. The first-order chi connectivity index (χ1) is 22.3. The van der Waals surface area contributed by atoms with Crippen LogP contribution in [0.25, 0.3) is 5.69 Å². The Hall–Kier alpha value is -4.35. The van der Waals surface area contributed by atoms with Crippen LogP contribution in [0.15, 0.2) is 24.4 Å². The van der Waals surface area contributed by atoms with Gasteiger partial charge in [-0.2, -0.15) is 13.2 Å². The van der Waals surface area contributed by atoms with Gasteiger partial charge in [-0.15, -0.1) is 5.10 Å². The number of alkyl halides is 3. The molecule has 254 valence electrons. The number of hydrogen-bond donors (Lipinski definition) is 3. The van der Waals surface area contributed by atoms with Gasteiger partial charge in [0.05, 0.1) is 42.2 Å². The first-order valence-electron chi connectivity index (χ1n) is 15.5. The molecule has 4 heterocycles. The molecular formula is C30H40F3N11O3. The Morgan fingerprint density at radius 2 is 1.79 bits per heavy atom. The number of morpholine rings is 1. The van der Waals surface area contributed by atoms with Crippen LogP contribution in [0, 0.1) is 6.92 Å². The minimum Gasteiger partial charge on any atom is -0.382 e. The highest BCUT2D eigenvalue weighted by Crippen LogP contribution is 2.34. The first kappa shape index (κ1) is 34.0. The van der Waals surface area contributed by atoms with E-state index in [4.69, 9.17) is 10.5 Å². The van der Waals surface area contributed by atoms with Crippen molar-refractivity contribution in [3.05, 3.63) is 47.2 Å². The van der Waals surface area contributed by atoms with Crippen molar-refractivity contribution < 1.29 is 27.5 Å². The highest BCUT2D eigenvalue weighted by atomic mass is 19.4. The number of halogens is 3. The van der Waals surface area contributed by atoms with Crippen LogP contribution in [-0.2, 0) is 10.9 Å². The average Bonchev–Trinajstić information content (AvgIpc) is 3.53. The lowest BCUT2D eigenvalue weighted by molar-refractivity contribution is -0.141. The number of rotatable bonds is 9. The van der Waals surface area contributed by atoms with Gasteiger partial charge < -0.3 is 26.0 Å². The molecule has 2 atom stereocenters. The fourth-order valence-corrected chi connectivity index (χ4v) is 5.63. The summed E-state index contributed by atoms with van der Waals surface area (Å²) in [5.74, 6) is -1.80. The highest BCUT2D eigenvalue weighted by molar-refractivity contribution is 6.06. The van der Waals surface area contributed by atoms with E-state index in [1.165, 1.54) is 17.8 Å². The summed E-state index contributed by atoms with van der Waals surface area (Å²) in [6.07, 6.45) is -2.72. The maximum atomic E-state index is 13.9. The number of amides is 2. The largest absolute Gasteiger partial charge is 0.435 e. The van der Waals surface area contributed by atoms with Crippen LogP contribution in [-0.4, -0.2) is 118 Å². The van der Waals surface area contributed by atoms with Gasteiger partial charge in [0.15, 0.2) is 17.1 Å². The smallest absolute Gasteiger partial charge is 0.382 e. The number of benzene rings is 1. The van der Waals surface area contributed by atoms with Gasteiger partial charge in [-0.25, -0.2) is 14.6 Å². The predicted octanol–water partition coefficient (Wildman–Crippen LogP) is 2.20. The van der Waals surface area contributed by atoms with Gasteiger partial charge in [0.1, 0.15) is 5.82 Å². The Morgan fingerprint density at radius 1 is 1.09 bits per heavy atom. The van der Waals surface area contributed by atoms with E-state index >= 15 is 0 Å². The van der Waals surface area contributed by atoms with Crippen molar-refractivity contribution in [2.45, 2.75) is 45.5 Å². The van der Waals surface area contributed by atoms with E-state index in [1.807, 2.05) is 7.05 Å². The van der Waals surface area contributed by atoms with E-state index in [9.17, 15) is 22.8 Å². The maximum Gasteiger partial charge on any atom is 0.435 e. The summed E-state index contributed by atoms with van der Waals surface area (Å²) in [6.45, 7) is 11.1. The SMILES string of the molecule is Cc1nc(C(F)(F)F)c(C(=O)Nc2cc(-n3cc(C(=O)NCCCN4CCOCC4)nn3)ccc2N2C[C@@H](C)N(C)[C@@H](C)C2)nc1N. The molecule has 47 heavy (non-hydrogen) atoms. The Morgan fingerprint density at radius 3 is 2.47 bits per heavy atom. The summed E-state index contributed by atoms with van der Waals surface area (Å²) in [5.41, 5.74) is 4.57. The normalized spacial score (nSPS) is 19.5. The fourth-order valence-electron chi connectivity index (χ4n) is 5.63. The van der Waals surface area contributed by atoms with Gasteiger partial charge in [-0.3, -0.25) is 19.4 Å². The number of ether oxygens (including phenoxy) is 1. The number of nitrogens with zero attached hydrogens (tertiary/aromatic N) is 8. The molecule has 14 nitrogen and oxygen atoms in total. The third-order valence-corrected chi connectivity index (χ3v) is 8.55. The Labute approximate surface area is 270 Å². The van der Waals surface area contributed by atoms with E-state index in [-0.39, 0.29) is 40.9 Å². The quantitative estimate of drug-likeness (QED) is 0.289. The molecule has 2 amide bonds. The predicted molar refractivity (Wildman–Crippen MR) is 169 cm³/mol. The van der Waals surface area contributed by atoms with Gasteiger partial charge in [0.25, 0.3) is 11.8 Å². The number of aryl methyl sites for hydroxylation is 1. The van der Waals surface area contributed by atoms with Crippen LogP contribution >= 0.6 is 0 Å². The van der Waals surface area contributed by atoms with Crippen LogP contribution in [0.2, 0.25) is 0 Å². The van der Waals surface area contributed by atoms with E-state index in [1.54, 1.807) is 18.2 Å². The molecule has 0 saturated carbocycles. The topological polar surface area (TPSA) is 160 Å². The van der Waals surface area contributed by atoms with Gasteiger partial charge in [-0.1, -0.05) is 5.21 Å². The van der Waals surface area contributed by atoms with Crippen molar-refractivity contribution >= 4 is 29.0 Å². The number of aromatic nitrogens is 5. The first-order valence-corrected chi connectivity index (χ1v) is 15.5. The molecule has 3 aromatic rings. The zero-order valence-electron chi connectivity index (χ0n) is 26.8. The Kier molecular flexibility index (Phi) is 10.3. The van der Waals surface area contributed by atoms with Gasteiger partial charge >= 0.3 is 6.18 Å². The Bertz CT molecular complexity index is 1580. The maximum absolute atomic E-state index is 13.9. The van der Waals surface area contributed by atoms with Crippen LogP contribution in [0.3, 0.4) is 0 Å². The number of nitrogens with one attached hydrogen (secondary N) is 2. The van der Waals surface area contributed by atoms with E-state index in [0.717, 1.165) is 26.1 Å². The molecule has 2 fully saturated rings. The third-order valence-electron chi connectivity index (χ3n) is 8.55. The highest BCUT2D eigenvalue weighted by Gasteiger charge is 2.39. The second-order valence-corrected chi connectivity index (χ2v) is 11.9. The average molecular weight is 660 g/mol. The number of hydrogen-bond acceptors (Lipinski definition) is 11. The number of nitrogen functional groups attached to an aromatic ring is 1. The lowest BCUT2D eigenvalue weighted by Gasteiger charge is -2.44. The van der Waals surface area contributed by atoms with Gasteiger partial charge in [0.2, 0.25) is 0 Å². The molecule has 4 N–H and O–H groups in total. The van der Waals surface area contributed by atoms with Crippen LogP contribution in [0.5, 0.6) is 0 Å². The van der Waals surface area contributed by atoms with Crippen molar-refractivity contribution in [1.29, 1.82) is 0 Å². The lowest BCUT2D eigenvalue weighted by Crippen LogP contribution is -2.55. The van der Waals surface area contributed by atoms with Crippen molar-refractivity contribution in [2.75, 3.05) is 75.5 Å². The molecule has 0 aliphatic carbocycles. The minimum atomic E-state index is -4.94. The second kappa shape index (κ2) is 14.2. The number of likely N-dealkylation sites (N-methyl/N-ethyl adjacent to an activating group) is 1. The fraction of sp³-hybridized carbons (Fsp3) is 0.533. The zero-order chi connectivity index (χ0) is 33.9. The van der Waals surface area contributed by atoms with Crippen LogP contribution in [0.1, 0.15) is 52.6 Å². The molecule has 2 aromatic heterocycles. The molecule has 0 bridgehead atoms. The monoisotopic (exact) mass is 659 g/mol. The van der Waals surface area contributed by atoms with Crippen LogP contribution < -0.4 is 21.3 Å². The Balaban J connectivity index is 1.39. The zero-order valence-corrected chi connectivity index (χ0v) is 26.8. The number of anilines is 3. The molecule has 0 radical (unpaired) electrons. The van der Waals surface area contributed by atoms with E-state index in [0.29, 0.717) is 44.2 Å². The number of carbonyl (C=O) groups is 2. The summed E-state index contributed by atoms with van der Waals surface area (Å²) in [5, 5.41) is 13.6. The van der Waals surface area contributed by atoms with Crippen molar-refractivity contribution in [2.24, 2.45) is 0 Å². The molecule has 5 rings (SSSR count). The van der Waals surface area contributed by atoms with Crippen molar-refractivity contribution in [3.63, 3.8) is 0 Å². The third kappa shape index (κ3) is 7.97. The molecule has 0 spiro atoms. The molecule has 2 aliphatic heterocycles. The standard InChI is InChI=1S/C30H40F3N11O3/c1-18-15-43(16-19(2)41(18)4)24-7-6-21(14-22(24)37-29(46)25-26(30(31,32)33)36-20(3)27(34)38-25)44-17-23(39-40-44)28(45)35-8-5-9-42-10-12-47-13-11-42/h6-7,14,17-19H,5,8-13,15-16H2,1-4H3,(H2,34,38)(H,35,45)(H,37,46)/t18-,19+. The van der Waals surface area contributed by atoms with Crippen molar-refractivity contribution in [3.8, 4) is 5.69 Å². The molecule has 0 unspecified atom stereocenters. The van der Waals surface area contributed by atoms with Crippen LogP contribution in [0.4, 0.5) is 30.4 Å². The molecule has 17 heteroatoms. The number of piperazine rings is 1. The lowest BCUT2D eigenvalue weighted by atomic mass is 10.1. The molecular weight excluding hydrogens is 619 g/mol. The summed E-state index contributed by atoms with van der Waals surface area (Å²) >= 11 is 0. The summed E-state index contributed by atoms with van der Waals surface area (Å²) in [4.78, 5) is 40.1. The van der Waals surface area contributed by atoms with Gasteiger partial charge in [-0.05, 0) is 59.0 Å². The summed E-state index contributed by atoms with van der Waals surface area (Å²) in [7, 11) is 2.03.